The lowest BCUT2D eigenvalue weighted by atomic mass is 10.1. The third kappa shape index (κ3) is 4.33. The summed E-state index contributed by atoms with van der Waals surface area (Å²) in [5.74, 6) is 0.0647. The smallest absolute Gasteiger partial charge is 0.170 e. The Labute approximate surface area is 106 Å². The molecule has 0 aromatic heterocycles. The van der Waals surface area contributed by atoms with Gasteiger partial charge in [-0.2, -0.15) is 0 Å². The second kappa shape index (κ2) is 6.95. The summed E-state index contributed by atoms with van der Waals surface area (Å²) in [6.45, 7) is 0.725. The van der Waals surface area contributed by atoms with E-state index in [0.29, 0.717) is 18.7 Å². The molecule has 18 heavy (non-hydrogen) atoms. The minimum atomic E-state index is -0.748. The Kier molecular flexibility index (Phi) is 5.57. The highest BCUT2D eigenvalue weighted by molar-refractivity contribution is 5.97. The number of aliphatic hydroxyl groups is 2. The Balaban J connectivity index is 2.67. The van der Waals surface area contributed by atoms with E-state index in [4.69, 9.17) is 16.0 Å². The van der Waals surface area contributed by atoms with Gasteiger partial charge in [-0.1, -0.05) is 23.4 Å². The Bertz CT molecular complexity index is 409. The molecule has 6 heteroatoms. The number of amidine groups is 1. The molecule has 0 aliphatic rings. The van der Waals surface area contributed by atoms with Gasteiger partial charge >= 0.3 is 0 Å². The van der Waals surface area contributed by atoms with E-state index in [1.807, 2.05) is 30.1 Å². The molecule has 5 N–H and O–H groups in total. The van der Waals surface area contributed by atoms with E-state index >= 15 is 0 Å². The van der Waals surface area contributed by atoms with Gasteiger partial charge in [0, 0.05) is 18.7 Å². The van der Waals surface area contributed by atoms with Crippen LogP contribution in [-0.4, -0.2) is 52.5 Å². The van der Waals surface area contributed by atoms with Crippen LogP contribution in [0.2, 0.25) is 0 Å². The lowest BCUT2D eigenvalue weighted by molar-refractivity contribution is 0.0648. The number of likely N-dealkylation sites (N-methyl/N-ethyl adjacent to an activating group) is 1. The predicted octanol–water partition coefficient (Wildman–Crippen LogP) is -0.434. The quantitative estimate of drug-likeness (QED) is 0.238. The van der Waals surface area contributed by atoms with Crippen molar-refractivity contribution in [2.24, 2.45) is 10.9 Å². The Morgan fingerprint density at radius 2 is 2.22 bits per heavy atom. The average Bonchev–Trinajstić information content (AvgIpc) is 2.37. The second-order valence-corrected chi connectivity index (χ2v) is 4.22. The third-order valence-electron chi connectivity index (χ3n) is 2.52. The van der Waals surface area contributed by atoms with Gasteiger partial charge in [0.1, 0.15) is 0 Å². The number of hydrogen-bond donors (Lipinski definition) is 4. The lowest BCUT2D eigenvalue weighted by Crippen LogP contribution is -2.31. The molecule has 1 aromatic rings. The molecule has 1 aromatic carbocycles. The van der Waals surface area contributed by atoms with E-state index in [-0.39, 0.29) is 12.4 Å². The van der Waals surface area contributed by atoms with Crippen LogP contribution in [0.3, 0.4) is 0 Å². The van der Waals surface area contributed by atoms with Crippen LogP contribution in [-0.2, 0) is 6.54 Å². The van der Waals surface area contributed by atoms with Crippen molar-refractivity contribution in [1.29, 1.82) is 0 Å². The minimum absolute atomic E-state index is 0.0647. The third-order valence-corrected chi connectivity index (χ3v) is 2.52. The van der Waals surface area contributed by atoms with Crippen molar-refractivity contribution in [1.82, 2.24) is 4.90 Å². The van der Waals surface area contributed by atoms with E-state index in [0.717, 1.165) is 5.56 Å². The maximum absolute atomic E-state index is 9.32. The van der Waals surface area contributed by atoms with Gasteiger partial charge in [-0.3, -0.25) is 4.90 Å². The number of nitrogens with zero attached hydrogens (tertiary/aromatic N) is 2. The molecule has 0 bridgehead atoms. The van der Waals surface area contributed by atoms with Gasteiger partial charge in [0.15, 0.2) is 5.84 Å². The van der Waals surface area contributed by atoms with Gasteiger partial charge in [-0.25, -0.2) is 0 Å². The van der Waals surface area contributed by atoms with Crippen molar-refractivity contribution in [2.75, 3.05) is 20.2 Å². The van der Waals surface area contributed by atoms with Gasteiger partial charge in [0.05, 0.1) is 12.7 Å². The molecule has 1 unspecified atom stereocenters. The van der Waals surface area contributed by atoms with Gasteiger partial charge in [-0.15, -0.1) is 0 Å². The molecule has 100 valence electrons. The average molecular weight is 253 g/mol. The molecule has 0 aliphatic heterocycles. The Morgan fingerprint density at radius 3 is 2.83 bits per heavy atom. The van der Waals surface area contributed by atoms with E-state index in [1.165, 1.54) is 0 Å². The Morgan fingerprint density at radius 1 is 1.50 bits per heavy atom. The molecule has 0 saturated heterocycles. The zero-order valence-electron chi connectivity index (χ0n) is 10.3. The molecule has 1 rings (SSSR count). The number of aliphatic hydroxyl groups excluding tert-OH is 2. The maximum atomic E-state index is 9.32. The monoisotopic (exact) mass is 253 g/mol. The van der Waals surface area contributed by atoms with Gasteiger partial charge < -0.3 is 21.2 Å². The molecular weight excluding hydrogens is 234 g/mol. The van der Waals surface area contributed by atoms with Crippen molar-refractivity contribution < 1.29 is 15.4 Å². The lowest BCUT2D eigenvalue weighted by Gasteiger charge is -2.19. The van der Waals surface area contributed by atoms with Crippen molar-refractivity contribution in [3.05, 3.63) is 35.4 Å². The second-order valence-electron chi connectivity index (χ2n) is 4.22. The van der Waals surface area contributed by atoms with Crippen LogP contribution in [0.15, 0.2) is 29.4 Å². The summed E-state index contributed by atoms with van der Waals surface area (Å²) in [7, 11) is 1.84. The summed E-state index contributed by atoms with van der Waals surface area (Å²) >= 11 is 0. The number of nitrogens with two attached hydrogens (primary N) is 1. The maximum Gasteiger partial charge on any atom is 0.170 e. The van der Waals surface area contributed by atoms with Crippen molar-refractivity contribution >= 4 is 5.84 Å². The van der Waals surface area contributed by atoms with Gasteiger partial charge in [0.2, 0.25) is 0 Å². The molecule has 0 amide bonds. The summed E-state index contributed by atoms with van der Waals surface area (Å²) < 4.78 is 0. The number of oxime groups is 1. The first-order valence-electron chi connectivity index (χ1n) is 5.61. The summed E-state index contributed by atoms with van der Waals surface area (Å²) in [6.07, 6.45) is -0.748. The van der Waals surface area contributed by atoms with Gasteiger partial charge in [0.25, 0.3) is 0 Å². The fraction of sp³-hybridized carbons (Fsp3) is 0.417. The molecule has 6 nitrogen and oxygen atoms in total. The number of rotatable bonds is 6. The standard InChI is InChI=1S/C12H19N3O3/c1-15(7-11(17)8-16)6-9-3-2-4-10(5-9)12(13)14-18/h2-5,11,16-18H,6-8H2,1H3,(H2,13,14). The molecule has 1 atom stereocenters. The Hall–Kier alpha value is -1.63. The topological polar surface area (TPSA) is 102 Å². The van der Waals surface area contributed by atoms with Crippen molar-refractivity contribution in [3.63, 3.8) is 0 Å². The van der Waals surface area contributed by atoms with Crippen LogP contribution in [0.25, 0.3) is 0 Å². The molecule has 0 radical (unpaired) electrons. The van der Waals surface area contributed by atoms with Crippen LogP contribution in [0.4, 0.5) is 0 Å². The number of hydrogen-bond acceptors (Lipinski definition) is 5. The van der Waals surface area contributed by atoms with Crippen LogP contribution in [0.1, 0.15) is 11.1 Å². The van der Waals surface area contributed by atoms with Crippen LogP contribution in [0.5, 0.6) is 0 Å². The SMILES string of the molecule is CN(Cc1cccc(/C(N)=N/O)c1)CC(O)CO. The highest BCUT2D eigenvalue weighted by atomic mass is 16.4. The summed E-state index contributed by atoms with van der Waals surface area (Å²) in [6, 6.07) is 7.30. The fourth-order valence-electron chi connectivity index (χ4n) is 1.68. The summed E-state index contributed by atoms with van der Waals surface area (Å²) in [5.41, 5.74) is 7.13. The van der Waals surface area contributed by atoms with Crippen LogP contribution in [0, 0.1) is 0 Å². The van der Waals surface area contributed by atoms with Gasteiger partial charge in [-0.05, 0) is 18.7 Å². The molecule has 0 heterocycles. The first kappa shape index (κ1) is 14.4. The van der Waals surface area contributed by atoms with E-state index in [1.54, 1.807) is 6.07 Å². The fourth-order valence-corrected chi connectivity index (χ4v) is 1.68. The highest BCUT2D eigenvalue weighted by Crippen LogP contribution is 2.08. The highest BCUT2D eigenvalue weighted by Gasteiger charge is 2.08. The van der Waals surface area contributed by atoms with Crippen molar-refractivity contribution in [2.45, 2.75) is 12.6 Å². The van der Waals surface area contributed by atoms with Crippen LogP contribution < -0.4 is 5.73 Å². The summed E-state index contributed by atoms with van der Waals surface area (Å²) in [5, 5.41) is 29.6. The van der Waals surface area contributed by atoms with E-state index in [2.05, 4.69) is 5.16 Å². The largest absolute Gasteiger partial charge is 0.409 e. The molecule has 0 spiro atoms. The zero-order chi connectivity index (χ0) is 13.5. The molecule has 0 saturated carbocycles. The zero-order valence-corrected chi connectivity index (χ0v) is 10.3. The van der Waals surface area contributed by atoms with Crippen LogP contribution >= 0.6 is 0 Å². The summed E-state index contributed by atoms with van der Waals surface area (Å²) in [4.78, 5) is 1.88. The molecule has 0 fully saturated rings. The van der Waals surface area contributed by atoms with E-state index in [9.17, 15) is 5.11 Å². The normalized spacial score (nSPS) is 13.9. The number of benzene rings is 1. The minimum Gasteiger partial charge on any atom is -0.409 e. The first-order valence-corrected chi connectivity index (χ1v) is 5.61. The van der Waals surface area contributed by atoms with E-state index < -0.39 is 6.10 Å². The molecular formula is C12H19N3O3. The predicted molar refractivity (Wildman–Crippen MR) is 68.4 cm³/mol. The molecule has 0 aliphatic carbocycles. The first-order chi connectivity index (χ1) is 8.56. The van der Waals surface area contributed by atoms with Crippen molar-refractivity contribution in [3.8, 4) is 0 Å².